The average Bonchev–Trinajstić information content (AvgIpc) is 1.94. The summed E-state index contributed by atoms with van der Waals surface area (Å²) in [5, 5.41) is 8.61. The number of nitrogens with zero attached hydrogens (tertiary/aromatic N) is 1. The zero-order chi connectivity index (χ0) is 8.43. The van der Waals surface area contributed by atoms with Gasteiger partial charge < -0.3 is 5.11 Å². The lowest BCUT2D eigenvalue weighted by molar-refractivity contribution is 0.0695. The Labute approximate surface area is 79.7 Å². The van der Waals surface area contributed by atoms with Gasteiger partial charge in [-0.1, -0.05) is 0 Å². The van der Waals surface area contributed by atoms with Gasteiger partial charge in [0.05, 0.1) is 10.0 Å². The van der Waals surface area contributed by atoms with Gasteiger partial charge in [0, 0.05) is 6.20 Å². The second-order valence-electron chi connectivity index (χ2n) is 1.77. The molecule has 0 aliphatic heterocycles. The van der Waals surface area contributed by atoms with Crippen LogP contribution in [0.1, 0.15) is 10.4 Å². The maximum absolute atomic E-state index is 10.5. The standard InChI is InChI=1S/C6H3Br2NO2/c7-4-3(6(10)11)1-2-9-5(4)8/h1-2H,(H,10,11). The van der Waals surface area contributed by atoms with E-state index in [9.17, 15) is 4.79 Å². The van der Waals surface area contributed by atoms with E-state index in [1.165, 1.54) is 12.3 Å². The number of halogens is 2. The fourth-order valence-corrected chi connectivity index (χ4v) is 1.32. The highest BCUT2D eigenvalue weighted by molar-refractivity contribution is 9.13. The maximum atomic E-state index is 10.5. The van der Waals surface area contributed by atoms with Crippen LogP contribution in [0.2, 0.25) is 0 Å². The van der Waals surface area contributed by atoms with Crippen LogP contribution in [-0.4, -0.2) is 16.1 Å². The normalized spacial score (nSPS) is 9.64. The van der Waals surface area contributed by atoms with Crippen molar-refractivity contribution < 1.29 is 9.90 Å². The molecule has 3 nitrogen and oxygen atoms in total. The van der Waals surface area contributed by atoms with Crippen LogP contribution in [0.15, 0.2) is 21.3 Å². The summed E-state index contributed by atoms with van der Waals surface area (Å²) >= 11 is 6.18. The van der Waals surface area contributed by atoms with Crippen molar-refractivity contribution in [2.75, 3.05) is 0 Å². The lowest BCUT2D eigenvalue weighted by Crippen LogP contribution is -1.98. The average molecular weight is 281 g/mol. The molecule has 0 fully saturated rings. The van der Waals surface area contributed by atoms with E-state index in [0.29, 0.717) is 9.08 Å². The van der Waals surface area contributed by atoms with Gasteiger partial charge in [0.1, 0.15) is 4.60 Å². The predicted molar refractivity (Wildman–Crippen MR) is 46.6 cm³/mol. The van der Waals surface area contributed by atoms with Crippen LogP contribution in [0, 0.1) is 0 Å². The van der Waals surface area contributed by atoms with Crippen molar-refractivity contribution in [2.45, 2.75) is 0 Å². The summed E-state index contributed by atoms with van der Waals surface area (Å²) in [5.41, 5.74) is 0.201. The van der Waals surface area contributed by atoms with Crippen molar-refractivity contribution in [3.05, 3.63) is 26.9 Å². The lowest BCUT2D eigenvalue weighted by atomic mass is 10.3. The highest BCUT2D eigenvalue weighted by atomic mass is 79.9. The van der Waals surface area contributed by atoms with Gasteiger partial charge in [0.15, 0.2) is 0 Å². The third-order valence-electron chi connectivity index (χ3n) is 1.08. The Kier molecular flexibility index (Phi) is 2.62. The minimum Gasteiger partial charge on any atom is -0.478 e. The Morgan fingerprint density at radius 2 is 2.18 bits per heavy atom. The van der Waals surface area contributed by atoms with Crippen LogP contribution in [0.3, 0.4) is 0 Å². The topological polar surface area (TPSA) is 50.2 Å². The molecular formula is C6H3Br2NO2. The molecule has 0 spiro atoms. The SMILES string of the molecule is O=C(O)c1ccnc(Br)c1Br. The molecule has 0 unspecified atom stereocenters. The molecule has 0 bridgehead atoms. The fourth-order valence-electron chi connectivity index (χ4n) is 0.583. The first-order valence-corrected chi connectivity index (χ1v) is 4.25. The van der Waals surface area contributed by atoms with Crippen molar-refractivity contribution in [1.29, 1.82) is 0 Å². The highest BCUT2D eigenvalue weighted by Crippen LogP contribution is 2.23. The summed E-state index contributed by atoms with van der Waals surface area (Å²) in [6.45, 7) is 0. The van der Waals surface area contributed by atoms with Gasteiger partial charge in [-0.3, -0.25) is 0 Å². The zero-order valence-corrected chi connectivity index (χ0v) is 8.39. The number of hydrogen-bond donors (Lipinski definition) is 1. The molecule has 0 amide bonds. The van der Waals surface area contributed by atoms with Gasteiger partial charge in [-0.05, 0) is 37.9 Å². The minimum absolute atomic E-state index is 0.201. The van der Waals surface area contributed by atoms with Crippen LogP contribution in [0.25, 0.3) is 0 Å². The molecule has 1 N–H and O–H groups in total. The van der Waals surface area contributed by atoms with Crippen molar-refractivity contribution in [3.8, 4) is 0 Å². The van der Waals surface area contributed by atoms with E-state index >= 15 is 0 Å². The first kappa shape index (κ1) is 8.67. The van der Waals surface area contributed by atoms with Gasteiger partial charge in [-0.15, -0.1) is 0 Å². The molecule has 5 heteroatoms. The molecule has 1 heterocycles. The number of aromatic nitrogens is 1. The monoisotopic (exact) mass is 279 g/mol. The number of carbonyl (C=O) groups is 1. The zero-order valence-electron chi connectivity index (χ0n) is 5.21. The lowest BCUT2D eigenvalue weighted by Gasteiger charge is -1.98. The van der Waals surface area contributed by atoms with E-state index in [4.69, 9.17) is 5.11 Å². The minimum atomic E-state index is -0.972. The Morgan fingerprint density at radius 1 is 1.55 bits per heavy atom. The fraction of sp³-hybridized carbons (Fsp3) is 0. The highest BCUT2D eigenvalue weighted by Gasteiger charge is 2.10. The largest absolute Gasteiger partial charge is 0.478 e. The number of hydrogen-bond acceptors (Lipinski definition) is 2. The Hall–Kier alpha value is -0.420. The van der Waals surface area contributed by atoms with E-state index in [0.717, 1.165) is 0 Å². The molecule has 1 aromatic rings. The second-order valence-corrected chi connectivity index (χ2v) is 3.31. The predicted octanol–water partition coefficient (Wildman–Crippen LogP) is 2.30. The third-order valence-corrected chi connectivity index (χ3v) is 3.01. The molecular weight excluding hydrogens is 278 g/mol. The molecule has 11 heavy (non-hydrogen) atoms. The Bertz CT molecular complexity index is 301. The van der Waals surface area contributed by atoms with Crippen LogP contribution < -0.4 is 0 Å². The van der Waals surface area contributed by atoms with Gasteiger partial charge >= 0.3 is 5.97 Å². The summed E-state index contributed by atoms with van der Waals surface area (Å²) < 4.78 is 0.963. The summed E-state index contributed by atoms with van der Waals surface area (Å²) in [4.78, 5) is 14.3. The molecule has 0 saturated heterocycles. The van der Waals surface area contributed by atoms with E-state index < -0.39 is 5.97 Å². The second kappa shape index (κ2) is 3.32. The van der Waals surface area contributed by atoms with Gasteiger partial charge in [-0.25, -0.2) is 9.78 Å². The summed E-state index contributed by atoms with van der Waals surface area (Å²) in [5.74, 6) is -0.972. The molecule has 1 aromatic heterocycles. The molecule has 0 aliphatic carbocycles. The molecule has 1 rings (SSSR count). The first-order valence-electron chi connectivity index (χ1n) is 2.66. The Balaban J connectivity index is 3.27. The molecule has 0 aromatic carbocycles. The van der Waals surface area contributed by atoms with Gasteiger partial charge in [-0.2, -0.15) is 0 Å². The van der Waals surface area contributed by atoms with Crippen molar-refractivity contribution in [1.82, 2.24) is 4.98 Å². The number of carboxylic acids is 1. The van der Waals surface area contributed by atoms with Crippen LogP contribution in [-0.2, 0) is 0 Å². The first-order chi connectivity index (χ1) is 5.13. The van der Waals surface area contributed by atoms with Crippen LogP contribution >= 0.6 is 31.9 Å². The van der Waals surface area contributed by atoms with Gasteiger partial charge in [0.2, 0.25) is 0 Å². The maximum Gasteiger partial charge on any atom is 0.336 e. The van der Waals surface area contributed by atoms with E-state index in [1.807, 2.05) is 0 Å². The number of aromatic carboxylic acids is 1. The summed E-state index contributed by atoms with van der Waals surface area (Å²) in [6.07, 6.45) is 1.43. The van der Waals surface area contributed by atoms with Crippen LogP contribution in [0.4, 0.5) is 0 Å². The molecule has 0 aliphatic rings. The Morgan fingerprint density at radius 3 is 2.64 bits per heavy atom. The number of pyridine rings is 1. The van der Waals surface area contributed by atoms with Crippen LogP contribution in [0.5, 0.6) is 0 Å². The van der Waals surface area contributed by atoms with E-state index in [2.05, 4.69) is 36.8 Å². The third kappa shape index (κ3) is 1.78. The molecule has 0 radical (unpaired) electrons. The quantitative estimate of drug-likeness (QED) is 0.803. The number of rotatable bonds is 1. The number of carboxylic acid groups (broad SMARTS) is 1. The van der Waals surface area contributed by atoms with Gasteiger partial charge in [0.25, 0.3) is 0 Å². The summed E-state index contributed by atoms with van der Waals surface area (Å²) in [6, 6.07) is 1.43. The van der Waals surface area contributed by atoms with Crippen molar-refractivity contribution in [2.24, 2.45) is 0 Å². The van der Waals surface area contributed by atoms with Crippen molar-refractivity contribution >= 4 is 37.8 Å². The smallest absolute Gasteiger partial charge is 0.336 e. The molecule has 58 valence electrons. The molecule has 0 atom stereocenters. The summed E-state index contributed by atoms with van der Waals surface area (Å²) in [7, 11) is 0. The van der Waals surface area contributed by atoms with Crippen molar-refractivity contribution in [3.63, 3.8) is 0 Å². The van der Waals surface area contributed by atoms with E-state index in [-0.39, 0.29) is 5.56 Å². The van der Waals surface area contributed by atoms with E-state index in [1.54, 1.807) is 0 Å². The molecule has 0 saturated carbocycles.